The average Bonchev–Trinajstić information content (AvgIpc) is 3.31. The number of hydroxylamine groups is 1. The molecule has 0 saturated carbocycles. The summed E-state index contributed by atoms with van der Waals surface area (Å²) in [6.45, 7) is 2.90. The molecule has 6 heteroatoms. The molecule has 0 radical (unpaired) electrons. The van der Waals surface area contributed by atoms with Crippen LogP contribution in [0.1, 0.15) is 13.3 Å². The third kappa shape index (κ3) is 3.59. The van der Waals surface area contributed by atoms with E-state index in [1.807, 2.05) is 64.6 Å². The van der Waals surface area contributed by atoms with E-state index in [-0.39, 0.29) is 17.9 Å². The number of fused-ring (bicyclic) bond motifs is 1. The lowest BCUT2D eigenvalue weighted by Gasteiger charge is -2.35. The fraction of sp³-hybridized carbons (Fsp3) is 0.346. The van der Waals surface area contributed by atoms with Gasteiger partial charge in [-0.2, -0.15) is 0 Å². The van der Waals surface area contributed by atoms with Crippen LogP contribution in [0.2, 0.25) is 5.02 Å². The molecule has 5 rings (SSSR count). The van der Waals surface area contributed by atoms with Gasteiger partial charge in [-0.15, -0.1) is 0 Å². The number of para-hydroxylation sites is 1. The molecule has 3 aliphatic rings. The lowest BCUT2D eigenvalue weighted by molar-refractivity contribution is -0.126. The summed E-state index contributed by atoms with van der Waals surface area (Å²) in [5.74, 6) is 0.415. The molecule has 4 unspecified atom stereocenters. The quantitative estimate of drug-likeness (QED) is 0.664. The molecule has 0 N–H and O–H groups in total. The van der Waals surface area contributed by atoms with E-state index < -0.39 is 6.10 Å². The molecule has 1 aliphatic carbocycles. The van der Waals surface area contributed by atoms with Crippen LogP contribution in [-0.2, 0) is 9.63 Å². The number of anilines is 2. The van der Waals surface area contributed by atoms with Gasteiger partial charge in [-0.05, 0) is 60.4 Å². The number of hydrogen-bond acceptors (Lipinski definition) is 4. The highest BCUT2D eigenvalue weighted by Crippen LogP contribution is 2.45. The minimum Gasteiger partial charge on any atom is -0.381 e. The number of nitrogens with zero attached hydrogens (tertiary/aromatic N) is 3. The van der Waals surface area contributed by atoms with Crippen molar-refractivity contribution in [1.82, 2.24) is 4.90 Å². The number of benzene rings is 2. The average molecular weight is 450 g/mol. The van der Waals surface area contributed by atoms with Crippen LogP contribution < -0.4 is 9.96 Å². The van der Waals surface area contributed by atoms with E-state index >= 15 is 0 Å². The molecular weight excluding hydrogens is 422 g/mol. The number of rotatable bonds is 4. The first-order valence-electron chi connectivity index (χ1n) is 11.1. The first kappa shape index (κ1) is 21.1. The minimum absolute atomic E-state index is 0.0196. The third-order valence-corrected chi connectivity index (χ3v) is 7.05. The van der Waals surface area contributed by atoms with Crippen molar-refractivity contribution in [1.29, 1.82) is 0 Å². The lowest BCUT2D eigenvalue weighted by atomic mass is 9.80. The van der Waals surface area contributed by atoms with E-state index in [4.69, 9.17) is 16.4 Å². The summed E-state index contributed by atoms with van der Waals surface area (Å²) in [5.41, 5.74) is 4.46. The zero-order valence-corrected chi connectivity index (χ0v) is 19.4. The normalized spacial score (nSPS) is 27.3. The van der Waals surface area contributed by atoms with Gasteiger partial charge in [0, 0.05) is 43.0 Å². The standard InChI is InChI=1S/C26H28ClN3O2/c1-17-15-21(28(2)3)13-14-22(17)24-23-16-29(19-7-5-4-6-8-19)26(31)25(23)32-30(24)20-11-9-18(27)10-12-20/h4-14,17,23-25H,15-16H2,1-3H3. The number of carbonyl (C=O) groups is 1. The van der Waals surface area contributed by atoms with E-state index in [0.29, 0.717) is 17.5 Å². The van der Waals surface area contributed by atoms with Crippen LogP contribution in [0.5, 0.6) is 0 Å². The van der Waals surface area contributed by atoms with Gasteiger partial charge in [-0.25, -0.2) is 5.06 Å². The van der Waals surface area contributed by atoms with Crippen LogP contribution in [0.15, 0.2) is 78.0 Å². The van der Waals surface area contributed by atoms with Gasteiger partial charge in [-0.1, -0.05) is 42.8 Å². The Labute approximate surface area is 194 Å². The predicted molar refractivity (Wildman–Crippen MR) is 129 cm³/mol. The molecule has 0 bridgehead atoms. The fourth-order valence-corrected chi connectivity index (χ4v) is 5.22. The van der Waals surface area contributed by atoms with Crippen LogP contribution in [0.4, 0.5) is 11.4 Å². The Bertz CT molecular complexity index is 1060. The van der Waals surface area contributed by atoms with Crippen LogP contribution in [-0.4, -0.2) is 43.6 Å². The van der Waals surface area contributed by atoms with Gasteiger partial charge in [0.15, 0.2) is 6.10 Å². The van der Waals surface area contributed by atoms with Gasteiger partial charge in [0.2, 0.25) is 0 Å². The molecule has 4 atom stereocenters. The van der Waals surface area contributed by atoms with Gasteiger partial charge in [0.05, 0.1) is 11.7 Å². The van der Waals surface area contributed by atoms with Crippen LogP contribution in [0.25, 0.3) is 0 Å². The molecule has 166 valence electrons. The maximum absolute atomic E-state index is 13.4. The first-order valence-corrected chi connectivity index (χ1v) is 11.5. The fourth-order valence-electron chi connectivity index (χ4n) is 5.09. The topological polar surface area (TPSA) is 36.0 Å². The van der Waals surface area contributed by atoms with Crippen molar-refractivity contribution in [2.75, 3.05) is 30.6 Å². The largest absolute Gasteiger partial charge is 0.381 e. The highest BCUT2D eigenvalue weighted by Gasteiger charge is 2.55. The van der Waals surface area contributed by atoms with Gasteiger partial charge in [0.25, 0.3) is 5.91 Å². The zero-order chi connectivity index (χ0) is 22.4. The summed E-state index contributed by atoms with van der Waals surface area (Å²) >= 11 is 6.13. The zero-order valence-electron chi connectivity index (χ0n) is 18.6. The molecule has 0 spiro atoms. The molecule has 2 aromatic carbocycles. The van der Waals surface area contributed by atoms with Crippen molar-refractivity contribution in [3.8, 4) is 0 Å². The molecule has 0 aromatic heterocycles. The summed E-state index contributed by atoms with van der Waals surface area (Å²) in [6, 6.07) is 17.5. The number of allylic oxidation sites excluding steroid dienone is 3. The van der Waals surface area contributed by atoms with Crippen LogP contribution in [0.3, 0.4) is 0 Å². The first-order chi connectivity index (χ1) is 15.4. The van der Waals surface area contributed by atoms with Gasteiger partial charge >= 0.3 is 0 Å². The maximum Gasteiger partial charge on any atom is 0.259 e. The number of carbonyl (C=O) groups excluding carboxylic acids is 1. The highest BCUT2D eigenvalue weighted by molar-refractivity contribution is 6.30. The molecule has 2 aromatic rings. The smallest absolute Gasteiger partial charge is 0.259 e. The van der Waals surface area contributed by atoms with Crippen molar-refractivity contribution in [2.45, 2.75) is 25.5 Å². The third-order valence-electron chi connectivity index (χ3n) is 6.79. The molecule has 5 nitrogen and oxygen atoms in total. The summed E-state index contributed by atoms with van der Waals surface area (Å²) < 4.78 is 0. The second kappa shape index (κ2) is 8.30. The van der Waals surface area contributed by atoms with Crippen molar-refractivity contribution in [3.05, 3.63) is 83.0 Å². The Morgan fingerprint density at radius 1 is 1.00 bits per heavy atom. The molecule has 2 aliphatic heterocycles. The summed E-state index contributed by atoms with van der Waals surface area (Å²) in [4.78, 5) is 23.8. The van der Waals surface area contributed by atoms with E-state index in [0.717, 1.165) is 17.8 Å². The number of amides is 1. The Morgan fingerprint density at radius 2 is 1.72 bits per heavy atom. The van der Waals surface area contributed by atoms with E-state index in [1.54, 1.807) is 0 Å². The SMILES string of the molecule is CC1CC(N(C)C)=CC=C1C1C2CN(c3ccccc3)C(=O)C2ON1c1ccc(Cl)cc1. The Hall–Kier alpha value is -2.76. The number of halogens is 1. The van der Waals surface area contributed by atoms with Crippen LogP contribution >= 0.6 is 11.6 Å². The molecular formula is C26H28ClN3O2. The predicted octanol–water partition coefficient (Wildman–Crippen LogP) is 4.90. The summed E-state index contributed by atoms with van der Waals surface area (Å²) in [6.07, 6.45) is 4.91. The Kier molecular flexibility index (Phi) is 5.48. The monoisotopic (exact) mass is 449 g/mol. The van der Waals surface area contributed by atoms with E-state index in [9.17, 15) is 4.79 Å². The second-order valence-electron chi connectivity index (χ2n) is 9.05. The summed E-state index contributed by atoms with van der Waals surface area (Å²) in [7, 11) is 4.17. The molecule has 32 heavy (non-hydrogen) atoms. The van der Waals surface area contributed by atoms with E-state index in [2.05, 4.69) is 38.1 Å². The van der Waals surface area contributed by atoms with Crippen molar-refractivity contribution >= 4 is 28.9 Å². The Balaban J connectivity index is 1.53. The van der Waals surface area contributed by atoms with Crippen molar-refractivity contribution in [3.63, 3.8) is 0 Å². The molecule has 1 amide bonds. The van der Waals surface area contributed by atoms with Crippen molar-refractivity contribution < 1.29 is 9.63 Å². The second-order valence-corrected chi connectivity index (χ2v) is 9.48. The minimum atomic E-state index is -0.497. The number of hydrogen-bond donors (Lipinski definition) is 0. The van der Waals surface area contributed by atoms with Gasteiger partial charge in [-0.3, -0.25) is 9.63 Å². The molecule has 2 saturated heterocycles. The van der Waals surface area contributed by atoms with Gasteiger partial charge < -0.3 is 9.80 Å². The maximum atomic E-state index is 13.4. The van der Waals surface area contributed by atoms with Gasteiger partial charge in [0.1, 0.15) is 0 Å². The molecule has 2 heterocycles. The Morgan fingerprint density at radius 3 is 2.38 bits per heavy atom. The molecule has 2 fully saturated rings. The van der Waals surface area contributed by atoms with Crippen LogP contribution in [0, 0.1) is 11.8 Å². The van der Waals surface area contributed by atoms with Crippen molar-refractivity contribution in [2.24, 2.45) is 11.8 Å². The highest BCUT2D eigenvalue weighted by atomic mass is 35.5. The lowest BCUT2D eigenvalue weighted by Crippen LogP contribution is -2.40. The summed E-state index contributed by atoms with van der Waals surface area (Å²) in [5, 5.41) is 2.63. The van der Waals surface area contributed by atoms with E-state index in [1.165, 1.54) is 11.3 Å².